The zero-order valence-corrected chi connectivity index (χ0v) is 11.6. The van der Waals surface area contributed by atoms with E-state index in [1.165, 1.54) is 0 Å². The van der Waals surface area contributed by atoms with E-state index in [0.717, 1.165) is 5.69 Å². The molecule has 3 heteroatoms. The summed E-state index contributed by atoms with van der Waals surface area (Å²) in [5.74, 6) is 0. The molecular formula is C16H20FN2+. The molecule has 1 aromatic carbocycles. The molecule has 2 aromatic rings. The van der Waals surface area contributed by atoms with Crippen LogP contribution in [0.1, 0.15) is 20.0 Å². The second-order valence-electron chi connectivity index (χ2n) is 5.21. The Morgan fingerprint density at radius 3 is 2.05 bits per heavy atom. The van der Waals surface area contributed by atoms with E-state index in [0.29, 0.717) is 0 Å². The summed E-state index contributed by atoms with van der Waals surface area (Å²) in [5.41, 5.74) is -0.369. The summed E-state index contributed by atoms with van der Waals surface area (Å²) in [7, 11) is 1.92. The maximum absolute atomic E-state index is 14.6. The second kappa shape index (κ2) is 5.39. The lowest BCUT2D eigenvalue weighted by molar-refractivity contribution is -0.733. The molecule has 0 amide bonds. The maximum Gasteiger partial charge on any atom is 0.267 e. The van der Waals surface area contributed by atoms with Gasteiger partial charge in [0, 0.05) is 24.9 Å². The number of nitrogens with zero attached hydrogens (tertiary/aromatic N) is 2. The van der Waals surface area contributed by atoms with Gasteiger partial charge in [0.15, 0.2) is 18.1 Å². The molecule has 0 saturated carbocycles. The number of para-hydroxylation sites is 1. The van der Waals surface area contributed by atoms with Gasteiger partial charge < -0.3 is 4.90 Å². The van der Waals surface area contributed by atoms with Crippen LogP contribution < -0.4 is 9.47 Å². The Morgan fingerprint density at radius 2 is 1.53 bits per heavy atom. The predicted octanol–water partition coefficient (Wildman–Crippen LogP) is 3.36. The molecule has 0 saturated heterocycles. The van der Waals surface area contributed by atoms with E-state index >= 15 is 0 Å². The predicted molar refractivity (Wildman–Crippen MR) is 75.7 cm³/mol. The Labute approximate surface area is 114 Å². The standard InChI is InChI=1S/C16H20FN2/c1-16(2,17)15(19-12-8-5-9-13-19)18(3)14-10-6-4-7-11-14/h4-13,15H,1-3H3/q+1. The van der Waals surface area contributed by atoms with Gasteiger partial charge in [-0.15, -0.1) is 0 Å². The van der Waals surface area contributed by atoms with Crippen LogP contribution in [-0.2, 0) is 0 Å². The molecule has 2 rings (SSSR count). The first-order valence-electron chi connectivity index (χ1n) is 6.43. The van der Waals surface area contributed by atoms with Crippen LogP contribution in [0.15, 0.2) is 60.9 Å². The van der Waals surface area contributed by atoms with Crippen LogP contribution in [-0.4, -0.2) is 12.7 Å². The minimum absolute atomic E-state index is 0.393. The highest BCUT2D eigenvalue weighted by Crippen LogP contribution is 2.28. The van der Waals surface area contributed by atoms with E-state index in [9.17, 15) is 4.39 Å². The third-order valence-corrected chi connectivity index (χ3v) is 3.17. The third kappa shape index (κ3) is 3.11. The summed E-state index contributed by atoms with van der Waals surface area (Å²) < 4.78 is 16.5. The van der Waals surface area contributed by atoms with E-state index in [-0.39, 0.29) is 0 Å². The topological polar surface area (TPSA) is 7.12 Å². The Balaban J connectivity index is 2.40. The van der Waals surface area contributed by atoms with Crippen LogP contribution >= 0.6 is 0 Å². The van der Waals surface area contributed by atoms with E-state index in [4.69, 9.17) is 0 Å². The van der Waals surface area contributed by atoms with Crippen molar-refractivity contribution < 1.29 is 8.96 Å². The Kier molecular flexibility index (Phi) is 3.84. The highest BCUT2D eigenvalue weighted by molar-refractivity contribution is 5.45. The van der Waals surface area contributed by atoms with Crippen molar-refractivity contribution in [2.45, 2.75) is 25.7 Å². The minimum atomic E-state index is -1.36. The van der Waals surface area contributed by atoms with Gasteiger partial charge in [-0.2, -0.15) is 4.57 Å². The third-order valence-electron chi connectivity index (χ3n) is 3.17. The zero-order chi connectivity index (χ0) is 13.9. The number of alkyl halides is 1. The molecule has 0 N–H and O–H groups in total. The first-order chi connectivity index (χ1) is 9.00. The van der Waals surface area contributed by atoms with Crippen LogP contribution in [0.25, 0.3) is 0 Å². The molecule has 19 heavy (non-hydrogen) atoms. The van der Waals surface area contributed by atoms with E-state index in [2.05, 4.69) is 0 Å². The molecule has 0 bridgehead atoms. The summed E-state index contributed by atoms with van der Waals surface area (Å²) in [5, 5.41) is 0. The lowest BCUT2D eigenvalue weighted by Gasteiger charge is -2.31. The van der Waals surface area contributed by atoms with E-state index in [1.54, 1.807) is 13.8 Å². The van der Waals surface area contributed by atoms with Crippen LogP contribution in [0, 0.1) is 0 Å². The molecular weight excluding hydrogens is 239 g/mol. The Hall–Kier alpha value is -1.90. The van der Waals surface area contributed by atoms with Gasteiger partial charge in [0.2, 0.25) is 0 Å². The van der Waals surface area contributed by atoms with Crippen molar-refractivity contribution in [3.63, 3.8) is 0 Å². The number of benzene rings is 1. The lowest BCUT2D eigenvalue weighted by Crippen LogP contribution is -2.56. The van der Waals surface area contributed by atoms with Crippen molar-refractivity contribution >= 4 is 5.69 Å². The van der Waals surface area contributed by atoms with Crippen LogP contribution in [0.3, 0.4) is 0 Å². The van der Waals surface area contributed by atoms with Crippen molar-refractivity contribution in [1.82, 2.24) is 0 Å². The molecule has 100 valence electrons. The van der Waals surface area contributed by atoms with E-state index < -0.39 is 11.8 Å². The Bertz CT molecular complexity index is 505. The first kappa shape index (κ1) is 13.5. The molecule has 0 aliphatic rings. The van der Waals surface area contributed by atoms with Crippen molar-refractivity contribution in [3.05, 3.63) is 60.9 Å². The number of hydrogen-bond acceptors (Lipinski definition) is 1. The average Bonchev–Trinajstić information content (AvgIpc) is 2.39. The van der Waals surface area contributed by atoms with Crippen LogP contribution in [0.4, 0.5) is 10.1 Å². The van der Waals surface area contributed by atoms with E-state index in [1.807, 2.05) is 77.4 Å². The number of hydrogen-bond donors (Lipinski definition) is 0. The van der Waals surface area contributed by atoms with Gasteiger partial charge in [0.25, 0.3) is 6.17 Å². The van der Waals surface area contributed by atoms with Gasteiger partial charge in [-0.1, -0.05) is 24.3 Å². The number of rotatable bonds is 4. The van der Waals surface area contributed by atoms with Crippen molar-refractivity contribution in [2.75, 3.05) is 11.9 Å². The zero-order valence-electron chi connectivity index (χ0n) is 11.6. The van der Waals surface area contributed by atoms with Gasteiger partial charge >= 0.3 is 0 Å². The fourth-order valence-corrected chi connectivity index (χ4v) is 2.39. The molecule has 1 atom stereocenters. The lowest BCUT2D eigenvalue weighted by atomic mass is 10.1. The fraction of sp³-hybridized carbons (Fsp3) is 0.312. The van der Waals surface area contributed by atoms with Gasteiger partial charge in [0.1, 0.15) is 0 Å². The molecule has 0 radical (unpaired) electrons. The molecule has 2 nitrogen and oxygen atoms in total. The van der Waals surface area contributed by atoms with Crippen LogP contribution in [0.5, 0.6) is 0 Å². The smallest absolute Gasteiger partial charge is 0.267 e. The minimum Gasteiger partial charge on any atom is -0.315 e. The van der Waals surface area contributed by atoms with Gasteiger partial charge in [-0.05, 0) is 26.0 Å². The van der Waals surface area contributed by atoms with Crippen LogP contribution in [0.2, 0.25) is 0 Å². The normalized spacial score (nSPS) is 13.1. The Morgan fingerprint density at radius 1 is 1.00 bits per heavy atom. The number of aromatic nitrogens is 1. The summed E-state index contributed by atoms with van der Waals surface area (Å²) in [6.07, 6.45) is 3.40. The summed E-state index contributed by atoms with van der Waals surface area (Å²) in [6.45, 7) is 3.22. The second-order valence-corrected chi connectivity index (χ2v) is 5.21. The SMILES string of the molecule is CN(c1ccccc1)C([n+]1ccccc1)C(C)(C)F. The monoisotopic (exact) mass is 259 g/mol. The summed E-state index contributed by atoms with van der Waals surface area (Å²) in [4.78, 5) is 1.96. The van der Waals surface area contributed by atoms with Gasteiger partial charge in [-0.25, -0.2) is 4.39 Å². The van der Waals surface area contributed by atoms with Crippen molar-refractivity contribution in [3.8, 4) is 0 Å². The van der Waals surface area contributed by atoms with Gasteiger partial charge in [0.05, 0.1) is 0 Å². The number of halogens is 1. The molecule has 0 fully saturated rings. The average molecular weight is 259 g/mol. The largest absolute Gasteiger partial charge is 0.315 e. The highest BCUT2D eigenvalue weighted by Gasteiger charge is 2.40. The molecule has 0 aliphatic heterocycles. The summed E-state index contributed by atoms with van der Waals surface area (Å²) in [6, 6.07) is 15.6. The summed E-state index contributed by atoms with van der Waals surface area (Å²) >= 11 is 0. The molecule has 1 heterocycles. The van der Waals surface area contributed by atoms with Crippen molar-refractivity contribution in [1.29, 1.82) is 0 Å². The fourth-order valence-electron chi connectivity index (χ4n) is 2.39. The molecule has 0 spiro atoms. The molecule has 1 aromatic heterocycles. The quantitative estimate of drug-likeness (QED) is 0.764. The first-order valence-corrected chi connectivity index (χ1v) is 6.43. The maximum atomic E-state index is 14.6. The van der Waals surface area contributed by atoms with Crippen molar-refractivity contribution in [2.24, 2.45) is 0 Å². The highest BCUT2D eigenvalue weighted by atomic mass is 19.1. The molecule has 1 unspecified atom stereocenters. The van der Waals surface area contributed by atoms with Gasteiger partial charge in [-0.3, -0.25) is 0 Å². The number of anilines is 1. The number of pyridine rings is 1. The molecule has 0 aliphatic carbocycles.